The highest BCUT2D eigenvalue weighted by Gasteiger charge is 2.40. The quantitative estimate of drug-likeness (QED) is 0.762. The summed E-state index contributed by atoms with van der Waals surface area (Å²) in [6.07, 6.45) is -7.46. The maximum atomic E-state index is 12.2. The first-order chi connectivity index (χ1) is 6.73. The Bertz CT molecular complexity index is 378. The molecule has 0 heterocycles. The molecule has 0 aromatic heterocycles. The van der Waals surface area contributed by atoms with Gasteiger partial charge in [0, 0.05) is 10.6 Å². The fraction of sp³-hybridized carbons (Fsp3) is 0.250. The lowest BCUT2D eigenvalue weighted by atomic mass is 10.1. The number of hydrogen-bond donors (Lipinski definition) is 1. The summed E-state index contributed by atoms with van der Waals surface area (Å²) >= 11 is 16.5. The zero-order valence-corrected chi connectivity index (χ0v) is 9.21. The highest BCUT2D eigenvalue weighted by atomic mass is 35.5. The van der Waals surface area contributed by atoms with Crippen LogP contribution >= 0.6 is 34.8 Å². The van der Waals surface area contributed by atoms with Gasteiger partial charge in [-0.05, 0) is 12.1 Å². The number of hydrogen-bond acceptors (Lipinski definition) is 1. The lowest BCUT2D eigenvalue weighted by molar-refractivity contribution is -0.206. The molecule has 0 spiro atoms. The van der Waals surface area contributed by atoms with Crippen molar-refractivity contribution in [1.82, 2.24) is 0 Å². The van der Waals surface area contributed by atoms with Crippen molar-refractivity contribution >= 4 is 34.8 Å². The predicted molar refractivity (Wildman–Crippen MR) is 52.5 cm³/mol. The van der Waals surface area contributed by atoms with Crippen molar-refractivity contribution < 1.29 is 18.3 Å². The van der Waals surface area contributed by atoms with Crippen LogP contribution in [0.5, 0.6) is 0 Å². The third-order valence-electron chi connectivity index (χ3n) is 1.64. The van der Waals surface area contributed by atoms with Gasteiger partial charge in [0.05, 0.1) is 10.0 Å². The van der Waals surface area contributed by atoms with E-state index in [-0.39, 0.29) is 15.1 Å². The smallest absolute Gasteiger partial charge is 0.379 e. The van der Waals surface area contributed by atoms with E-state index in [1.54, 1.807) is 0 Å². The van der Waals surface area contributed by atoms with Crippen molar-refractivity contribution in [3.05, 3.63) is 32.8 Å². The first kappa shape index (κ1) is 12.9. The molecule has 1 nitrogen and oxygen atoms in total. The molecule has 0 radical (unpaired) electrons. The van der Waals surface area contributed by atoms with E-state index in [1.165, 1.54) is 0 Å². The lowest BCUT2D eigenvalue weighted by Crippen LogP contribution is -2.20. The highest BCUT2D eigenvalue weighted by Crippen LogP contribution is 2.39. The van der Waals surface area contributed by atoms with E-state index in [9.17, 15) is 13.2 Å². The maximum Gasteiger partial charge on any atom is 0.418 e. The minimum Gasteiger partial charge on any atom is -0.379 e. The van der Waals surface area contributed by atoms with Crippen LogP contribution in [0.4, 0.5) is 13.2 Å². The number of aliphatic hydroxyl groups excluding tert-OH is 1. The summed E-state index contributed by atoms with van der Waals surface area (Å²) in [6.45, 7) is 0. The number of alkyl halides is 3. The molecule has 1 rings (SSSR count). The summed E-state index contributed by atoms with van der Waals surface area (Å²) < 4.78 is 36.5. The van der Waals surface area contributed by atoms with Gasteiger partial charge in [0.15, 0.2) is 6.10 Å². The molecule has 0 saturated heterocycles. The molecular formula is C8H4Cl3F3O. The van der Waals surface area contributed by atoms with Crippen LogP contribution < -0.4 is 0 Å². The number of halogens is 6. The van der Waals surface area contributed by atoms with E-state index in [2.05, 4.69) is 0 Å². The molecule has 0 unspecified atom stereocenters. The molecular weight excluding hydrogens is 275 g/mol. The van der Waals surface area contributed by atoms with E-state index in [4.69, 9.17) is 39.9 Å². The summed E-state index contributed by atoms with van der Waals surface area (Å²) in [5.41, 5.74) is -0.515. The van der Waals surface area contributed by atoms with Crippen molar-refractivity contribution in [2.45, 2.75) is 12.3 Å². The van der Waals surface area contributed by atoms with Gasteiger partial charge in [-0.25, -0.2) is 0 Å². The molecule has 7 heteroatoms. The van der Waals surface area contributed by atoms with Crippen LogP contribution in [0, 0.1) is 0 Å². The van der Waals surface area contributed by atoms with Gasteiger partial charge in [0.25, 0.3) is 0 Å². The Labute approximate surface area is 98.4 Å². The van der Waals surface area contributed by atoms with Gasteiger partial charge in [-0.2, -0.15) is 13.2 Å². The summed E-state index contributed by atoms with van der Waals surface area (Å²) in [7, 11) is 0. The lowest BCUT2D eigenvalue weighted by Gasteiger charge is -2.16. The van der Waals surface area contributed by atoms with Crippen molar-refractivity contribution in [1.29, 1.82) is 0 Å². The zero-order chi connectivity index (χ0) is 11.8. The molecule has 0 bridgehead atoms. The Kier molecular flexibility index (Phi) is 3.76. The molecule has 0 amide bonds. The fourth-order valence-electron chi connectivity index (χ4n) is 0.924. The van der Waals surface area contributed by atoms with Crippen LogP contribution in [0.2, 0.25) is 15.1 Å². The third kappa shape index (κ3) is 2.91. The molecule has 15 heavy (non-hydrogen) atoms. The predicted octanol–water partition coefficient (Wildman–Crippen LogP) is 4.24. The van der Waals surface area contributed by atoms with E-state index in [0.29, 0.717) is 0 Å². The molecule has 84 valence electrons. The Morgan fingerprint density at radius 3 is 1.93 bits per heavy atom. The van der Waals surface area contributed by atoms with Crippen LogP contribution in [-0.4, -0.2) is 11.3 Å². The number of aliphatic hydroxyl groups is 1. The molecule has 0 aliphatic carbocycles. The van der Waals surface area contributed by atoms with Gasteiger partial charge < -0.3 is 5.11 Å². The molecule has 0 aliphatic heterocycles. The Hall–Kier alpha value is -0.160. The van der Waals surface area contributed by atoms with Gasteiger partial charge in [0.1, 0.15) is 0 Å². The third-order valence-corrected chi connectivity index (χ3v) is 2.69. The molecule has 0 saturated carbocycles. The van der Waals surface area contributed by atoms with Gasteiger partial charge in [0.2, 0.25) is 0 Å². The second-order valence-electron chi connectivity index (χ2n) is 2.73. The van der Waals surface area contributed by atoms with Crippen molar-refractivity contribution in [2.75, 3.05) is 0 Å². The van der Waals surface area contributed by atoms with Gasteiger partial charge >= 0.3 is 6.18 Å². The molecule has 1 aromatic rings. The molecule has 0 aliphatic rings. The second kappa shape index (κ2) is 4.37. The Morgan fingerprint density at radius 2 is 1.47 bits per heavy atom. The Balaban J connectivity index is 3.21. The van der Waals surface area contributed by atoms with E-state index >= 15 is 0 Å². The minimum atomic E-state index is -4.79. The summed E-state index contributed by atoms with van der Waals surface area (Å²) in [4.78, 5) is 0. The average molecular weight is 279 g/mol. The molecule has 1 aromatic carbocycles. The van der Waals surface area contributed by atoms with Crippen LogP contribution in [0.1, 0.15) is 11.7 Å². The summed E-state index contributed by atoms with van der Waals surface area (Å²) in [5.74, 6) is 0. The fourth-order valence-corrected chi connectivity index (χ4v) is 1.58. The van der Waals surface area contributed by atoms with Crippen LogP contribution in [0.15, 0.2) is 12.1 Å². The molecule has 1 atom stereocenters. The van der Waals surface area contributed by atoms with E-state index < -0.39 is 17.8 Å². The SMILES string of the molecule is O[C@H](c1cc(Cl)c(Cl)cc1Cl)C(F)(F)F. The van der Waals surface area contributed by atoms with Gasteiger partial charge in [-0.15, -0.1) is 0 Å². The summed E-state index contributed by atoms with van der Waals surface area (Å²) in [5, 5.41) is 8.59. The highest BCUT2D eigenvalue weighted by molar-refractivity contribution is 6.43. The van der Waals surface area contributed by atoms with Crippen LogP contribution in [0.25, 0.3) is 0 Å². The van der Waals surface area contributed by atoms with Crippen molar-refractivity contribution in [2.24, 2.45) is 0 Å². The second-order valence-corrected chi connectivity index (χ2v) is 3.95. The van der Waals surface area contributed by atoms with E-state index in [1.807, 2.05) is 0 Å². The largest absolute Gasteiger partial charge is 0.418 e. The minimum absolute atomic E-state index is 0.0276. The van der Waals surface area contributed by atoms with E-state index in [0.717, 1.165) is 12.1 Å². The van der Waals surface area contributed by atoms with Crippen molar-refractivity contribution in [3.63, 3.8) is 0 Å². The van der Waals surface area contributed by atoms with Crippen LogP contribution in [0.3, 0.4) is 0 Å². The monoisotopic (exact) mass is 278 g/mol. The molecule has 1 N–H and O–H groups in total. The summed E-state index contributed by atoms with van der Waals surface area (Å²) in [6, 6.07) is 1.94. The number of benzene rings is 1. The topological polar surface area (TPSA) is 20.2 Å². The Morgan fingerprint density at radius 1 is 1.00 bits per heavy atom. The number of rotatable bonds is 1. The zero-order valence-electron chi connectivity index (χ0n) is 6.95. The standard InChI is InChI=1S/C8H4Cl3F3O/c9-4-2-6(11)5(10)1-3(4)7(15)8(12,13)14/h1-2,7,15H/t7-/m1/s1. The first-order valence-corrected chi connectivity index (χ1v) is 4.76. The first-order valence-electron chi connectivity index (χ1n) is 3.62. The van der Waals surface area contributed by atoms with Crippen LogP contribution in [-0.2, 0) is 0 Å². The van der Waals surface area contributed by atoms with Crippen molar-refractivity contribution in [3.8, 4) is 0 Å². The van der Waals surface area contributed by atoms with Gasteiger partial charge in [-0.3, -0.25) is 0 Å². The molecule has 0 fully saturated rings. The normalized spacial score (nSPS) is 14.1. The maximum absolute atomic E-state index is 12.2. The van der Waals surface area contributed by atoms with Gasteiger partial charge in [-0.1, -0.05) is 34.8 Å². The average Bonchev–Trinajstić information content (AvgIpc) is 2.08.